The quantitative estimate of drug-likeness (QED) is 0.903. The molecule has 0 amide bonds. The summed E-state index contributed by atoms with van der Waals surface area (Å²) in [6, 6.07) is 8.28. The molecule has 1 aromatic carbocycles. The molecule has 2 atom stereocenters. The standard InChI is InChI=1S/C16H22ClN3/c1-4-12(3)20-8-7-14(19-20)10-16(18)15-6-5-13(17)9-11(15)2/h5-9,12,16H,4,10,18H2,1-3H3. The molecule has 1 aromatic heterocycles. The molecule has 2 rings (SSSR count). The van der Waals surface area contributed by atoms with Gasteiger partial charge in [0.1, 0.15) is 0 Å². The Labute approximate surface area is 125 Å². The SMILES string of the molecule is CCC(C)n1ccc(CC(N)c2ccc(Cl)cc2C)n1. The van der Waals surface area contributed by atoms with Crippen LogP contribution >= 0.6 is 11.6 Å². The van der Waals surface area contributed by atoms with Gasteiger partial charge in [0.2, 0.25) is 0 Å². The fraction of sp³-hybridized carbons (Fsp3) is 0.438. The summed E-state index contributed by atoms with van der Waals surface area (Å²) >= 11 is 5.98. The van der Waals surface area contributed by atoms with Gasteiger partial charge in [-0.25, -0.2) is 0 Å². The van der Waals surface area contributed by atoms with E-state index in [9.17, 15) is 0 Å². The Balaban J connectivity index is 2.11. The summed E-state index contributed by atoms with van der Waals surface area (Å²) < 4.78 is 2.01. The summed E-state index contributed by atoms with van der Waals surface area (Å²) in [6.07, 6.45) is 3.85. The summed E-state index contributed by atoms with van der Waals surface area (Å²) in [5.41, 5.74) is 9.60. The van der Waals surface area contributed by atoms with Gasteiger partial charge in [-0.2, -0.15) is 5.10 Å². The zero-order chi connectivity index (χ0) is 14.7. The van der Waals surface area contributed by atoms with Gasteiger partial charge in [0.25, 0.3) is 0 Å². The molecule has 20 heavy (non-hydrogen) atoms. The van der Waals surface area contributed by atoms with Crippen LogP contribution in [0.15, 0.2) is 30.5 Å². The lowest BCUT2D eigenvalue weighted by atomic mass is 9.98. The number of halogens is 1. The van der Waals surface area contributed by atoms with E-state index in [0.717, 1.165) is 34.7 Å². The molecule has 0 bridgehead atoms. The van der Waals surface area contributed by atoms with E-state index >= 15 is 0 Å². The molecule has 1 heterocycles. The highest BCUT2D eigenvalue weighted by molar-refractivity contribution is 6.30. The number of hydrogen-bond donors (Lipinski definition) is 1. The van der Waals surface area contributed by atoms with Crippen LogP contribution < -0.4 is 5.73 Å². The molecule has 0 aliphatic carbocycles. The molecule has 3 nitrogen and oxygen atoms in total. The van der Waals surface area contributed by atoms with Gasteiger partial charge in [-0.15, -0.1) is 0 Å². The van der Waals surface area contributed by atoms with Crippen LogP contribution in [-0.4, -0.2) is 9.78 Å². The van der Waals surface area contributed by atoms with Crippen LogP contribution in [0.2, 0.25) is 5.02 Å². The Bertz CT molecular complexity index is 577. The first-order valence-corrected chi connectivity index (χ1v) is 7.44. The smallest absolute Gasteiger partial charge is 0.0643 e. The number of nitrogens with two attached hydrogens (primary N) is 1. The maximum Gasteiger partial charge on any atom is 0.0643 e. The fourth-order valence-electron chi connectivity index (χ4n) is 2.31. The van der Waals surface area contributed by atoms with Crippen molar-refractivity contribution in [1.29, 1.82) is 0 Å². The third kappa shape index (κ3) is 3.41. The second kappa shape index (κ2) is 6.42. The summed E-state index contributed by atoms with van der Waals surface area (Å²) in [4.78, 5) is 0. The molecular weight excluding hydrogens is 270 g/mol. The molecule has 2 N–H and O–H groups in total. The zero-order valence-corrected chi connectivity index (χ0v) is 13.1. The highest BCUT2D eigenvalue weighted by Gasteiger charge is 2.13. The van der Waals surface area contributed by atoms with Crippen molar-refractivity contribution in [3.05, 3.63) is 52.3 Å². The van der Waals surface area contributed by atoms with E-state index in [4.69, 9.17) is 17.3 Å². The van der Waals surface area contributed by atoms with Gasteiger partial charge >= 0.3 is 0 Å². The van der Waals surface area contributed by atoms with E-state index in [1.165, 1.54) is 0 Å². The second-order valence-corrected chi connectivity index (χ2v) is 5.79. The first-order valence-electron chi connectivity index (χ1n) is 7.07. The van der Waals surface area contributed by atoms with Crippen LogP contribution in [0.4, 0.5) is 0 Å². The Morgan fingerprint density at radius 1 is 1.35 bits per heavy atom. The number of aromatic nitrogens is 2. The van der Waals surface area contributed by atoms with Crippen molar-refractivity contribution in [3.63, 3.8) is 0 Å². The lowest BCUT2D eigenvalue weighted by Crippen LogP contribution is -2.15. The van der Waals surface area contributed by atoms with Crippen molar-refractivity contribution < 1.29 is 0 Å². The lowest BCUT2D eigenvalue weighted by molar-refractivity contribution is 0.472. The fourth-order valence-corrected chi connectivity index (χ4v) is 2.54. The topological polar surface area (TPSA) is 43.8 Å². The molecule has 0 saturated carbocycles. The largest absolute Gasteiger partial charge is 0.324 e. The van der Waals surface area contributed by atoms with Gasteiger partial charge < -0.3 is 5.73 Å². The minimum absolute atomic E-state index is 0.0486. The minimum atomic E-state index is -0.0486. The van der Waals surface area contributed by atoms with Crippen LogP contribution in [-0.2, 0) is 6.42 Å². The zero-order valence-electron chi connectivity index (χ0n) is 12.3. The number of aryl methyl sites for hydroxylation is 1. The molecule has 0 spiro atoms. The highest BCUT2D eigenvalue weighted by atomic mass is 35.5. The van der Waals surface area contributed by atoms with Crippen molar-refractivity contribution in [2.75, 3.05) is 0 Å². The number of hydrogen-bond acceptors (Lipinski definition) is 2. The van der Waals surface area contributed by atoms with Gasteiger partial charge in [0, 0.05) is 29.7 Å². The summed E-state index contributed by atoms with van der Waals surface area (Å²) in [6.45, 7) is 6.37. The maximum absolute atomic E-state index is 6.30. The molecule has 4 heteroatoms. The van der Waals surface area contributed by atoms with E-state index in [-0.39, 0.29) is 6.04 Å². The molecule has 2 aromatic rings. The lowest BCUT2D eigenvalue weighted by Gasteiger charge is -2.14. The minimum Gasteiger partial charge on any atom is -0.324 e. The van der Waals surface area contributed by atoms with Gasteiger partial charge in [-0.3, -0.25) is 4.68 Å². The molecule has 0 fully saturated rings. The van der Waals surface area contributed by atoms with Crippen molar-refractivity contribution in [2.24, 2.45) is 5.73 Å². The molecule has 0 aliphatic heterocycles. The first kappa shape index (κ1) is 15.1. The Hall–Kier alpha value is -1.32. The van der Waals surface area contributed by atoms with Crippen molar-refractivity contribution in [2.45, 2.75) is 45.7 Å². The number of benzene rings is 1. The van der Waals surface area contributed by atoms with Gasteiger partial charge in [-0.1, -0.05) is 24.6 Å². The molecule has 0 aliphatic rings. The summed E-state index contributed by atoms with van der Waals surface area (Å²) in [5, 5.41) is 5.35. The van der Waals surface area contributed by atoms with Crippen LogP contribution in [0, 0.1) is 6.92 Å². The second-order valence-electron chi connectivity index (χ2n) is 5.36. The van der Waals surface area contributed by atoms with Crippen molar-refractivity contribution in [1.82, 2.24) is 9.78 Å². The summed E-state index contributed by atoms with van der Waals surface area (Å²) in [5.74, 6) is 0. The predicted octanol–water partition coefficient (Wildman–Crippen LogP) is 4.06. The van der Waals surface area contributed by atoms with Crippen LogP contribution in [0.5, 0.6) is 0 Å². The van der Waals surface area contributed by atoms with E-state index in [1.807, 2.05) is 36.0 Å². The molecule has 2 unspecified atom stereocenters. The van der Waals surface area contributed by atoms with Crippen molar-refractivity contribution >= 4 is 11.6 Å². The Kier molecular flexibility index (Phi) is 4.84. The molecule has 108 valence electrons. The van der Waals surface area contributed by atoms with Gasteiger partial charge in [-0.05, 0) is 49.6 Å². The normalized spacial score (nSPS) is 14.2. The third-order valence-electron chi connectivity index (χ3n) is 3.77. The van der Waals surface area contributed by atoms with E-state index in [0.29, 0.717) is 6.04 Å². The molecular formula is C16H22ClN3. The summed E-state index contributed by atoms with van der Waals surface area (Å²) in [7, 11) is 0. The van der Waals surface area contributed by atoms with E-state index in [2.05, 4.69) is 25.0 Å². The number of nitrogens with zero attached hydrogens (tertiary/aromatic N) is 2. The highest BCUT2D eigenvalue weighted by Crippen LogP contribution is 2.22. The Morgan fingerprint density at radius 3 is 2.75 bits per heavy atom. The molecule has 0 saturated heterocycles. The Morgan fingerprint density at radius 2 is 2.10 bits per heavy atom. The van der Waals surface area contributed by atoms with Gasteiger partial charge in [0.15, 0.2) is 0 Å². The van der Waals surface area contributed by atoms with E-state index < -0.39 is 0 Å². The van der Waals surface area contributed by atoms with Crippen LogP contribution in [0.3, 0.4) is 0 Å². The van der Waals surface area contributed by atoms with Gasteiger partial charge in [0.05, 0.1) is 5.69 Å². The number of rotatable bonds is 5. The van der Waals surface area contributed by atoms with Crippen LogP contribution in [0.1, 0.15) is 49.2 Å². The maximum atomic E-state index is 6.30. The average Bonchev–Trinajstić information content (AvgIpc) is 2.86. The van der Waals surface area contributed by atoms with E-state index in [1.54, 1.807) is 0 Å². The van der Waals surface area contributed by atoms with Crippen LogP contribution in [0.25, 0.3) is 0 Å². The monoisotopic (exact) mass is 291 g/mol. The third-order valence-corrected chi connectivity index (χ3v) is 4.00. The predicted molar refractivity (Wildman–Crippen MR) is 84.1 cm³/mol. The average molecular weight is 292 g/mol. The molecule has 0 radical (unpaired) electrons. The van der Waals surface area contributed by atoms with Crippen molar-refractivity contribution in [3.8, 4) is 0 Å². The first-order chi connectivity index (χ1) is 9.51.